The molecule has 1 fully saturated rings. The fourth-order valence-electron chi connectivity index (χ4n) is 3.45. The molecule has 0 unspecified atom stereocenters. The van der Waals surface area contributed by atoms with E-state index >= 15 is 0 Å². The normalized spacial score (nSPS) is 24.6. The van der Waals surface area contributed by atoms with Crippen LogP contribution in [-0.2, 0) is 19.1 Å². The number of nitrogens with one attached hydrogen (secondary N) is 2. The highest BCUT2D eigenvalue weighted by molar-refractivity contribution is 5.95. The van der Waals surface area contributed by atoms with Crippen molar-refractivity contribution in [2.75, 3.05) is 10.6 Å². The maximum absolute atomic E-state index is 12.3. The van der Waals surface area contributed by atoms with Gasteiger partial charge in [-0.3, -0.25) is 14.4 Å². The summed E-state index contributed by atoms with van der Waals surface area (Å²) in [5.41, 5.74) is 1.22. The van der Waals surface area contributed by atoms with Gasteiger partial charge >= 0.3 is 5.97 Å². The summed E-state index contributed by atoms with van der Waals surface area (Å²) < 4.78 is 5.36. The average molecular weight is 342 g/mol. The van der Waals surface area contributed by atoms with E-state index in [1.54, 1.807) is 31.2 Å². The molecule has 1 aromatic carbocycles. The van der Waals surface area contributed by atoms with Gasteiger partial charge in [0.05, 0.1) is 5.92 Å². The van der Waals surface area contributed by atoms with Gasteiger partial charge < -0.3 is 15.4 Å². The molecular formula is C19H22N2O4. The summed E-state index contributed by atoms with van der Waals surface area (Å²) in [7, 11) is 0. The molecule has 6 heteroatoms. The molecule has 0 saturated heterocycles. The predicted octanol–water partition coefficient (Wildman–Crippen LogP) is 2.73. The third kappa shape index (κ3) is 4.07. The third-order valence-electron chi connectivity index (χ3n) is 4.72. The van der Waals surface area contributed by atoms with E-state index in [-0.39, 0.29) is 29.6 Å². The number of hydrogen-bond donors (Lipinski definition) is 2. The number of fused-ring (bicyclic) bond motifs is 2. The Morgan fingerprint density at radius 3 is 2.20 bits per heavy atom. The van der Waals surface area contributed by atoms with Gasteiger partial charge in [0, 0.05) is 18.3 Å². The molecule has 2 aliphatic rings. The first-order valence-corrected chi connectivity index (χ1v) is 8.49. The van der Waals surface area contributed by atoms with Crippen molar-refractivity contribution in [1.82, 2.24) is 0 Å². The van der Waals surface area contributed by atoms with Gasteiger partial charge in [-0.15, -0.1) is 0 Å². The SMILES string of the molecule is CC(=O)Nc1ccc(NC(=O)[C@@H](C)OC(=O)[C@@H]2C[C@H]3C=C[C@H]2C3)cc1. The summed E-state index contributed by atoms with van der Waals surface area (Å²) in [4.78, 5) is 35.5. The second-order valence-corrected chi connectivity index (χ2v) is 6.71. The number of allylic oxidation sites excluding steroid dienone is 2. The summed E-state index contributed by atoms with van der Waals surface area (Å²) in [6.07, 6.45) is 5.22. The second kappa shape index (κ2) is 7.09. The van der Waals surface area contributed by atoms with Crippen molar-refractivity contribution in [1.29, 1.82) is 0 Å². The third-order valence-corrected chi connectivity index (χ3v) is 4.72. The van der Waals surface area contributed by atoms with E-state index in [0.717, 1.165) is 12.8 Å². The van der Waals surface area contributed by atoms with Crippen LogP contribution in [0.25, 0.3) is 0 Å². The van der Waals surface area contributed by atoms with Gasteiger partial charge in [-0.2, -0.15) is 0 Å². The van der Waals surface area contributed by atoms with Crippen molar-refractivity contribution in [3.8, 4) is 0 Å². The Balaban J connectivity index is 1.51. The molecule has 1 saturated carbocycles. The molecule has 0 spiro atoms. The fraction of sp³-hybridized carbons (Fsp3) is 0.421. The van der Waals surface area contributed by atoms with E-state index in [4.69, 9.17) is 4.74 Å². The topological polar surface area (TPSA) is 84.5 Å². The summed E-state index contributed by atoms with van der Waals surface area (Å²) in [5.74, 6) is -0.210. The first kappa shape index (κ1) is 17.2. The maximum Gasteiger partial charge on any atom is 0.310 e. The van der Waals surface area contributed by atoms with Crippen LogP contribution in [0.4, 0.5) is 11.4 Å². The Bertz CT molecular complexity index is 711. The van der Waals surface area contributed by atoms with Crippen molar-refractivity contribution in [3.05, 3.63) is 36.4 Å². The first-order valence-electron chi connectivity index (χ1n) is 8.49. The Kier molecular flexibility index (Phi) is 4.88. The van der Waals surface area contributed by atoms with Gasteiger partial charge in [-0.1, -0.05) is 12.2 Å². The minimum absolute atomic E-state index is 0.123. The number of esters is 1. The molecule has 2 amide bonds. The lowest BCUT2D eigenvalue weighted by Crippen LogP contribution is -2.33. The number of benzene rings is 1. The molecule has 3 rings (SSSR count). The summed E-state index contributed by atoms with van der Waals surface area (Å²) in [5, 5.41) is 5.36. The Morgan fingerprint density at radius 1 is 1.04 bits per heavy atom. The van der Waals surface area contributed by atoms with Crippen molar-refractivity contribution in [2.45, 2.75) is 32.8 Å². The van der Waals surface area contributed by atoms with E-state index in [9.17, 15) is 14.4 Å². The molecule has 132 valence electrons. The summed E-state index contributed by atoms with van der Waals surface area (Å²) in [6, 6.07) is 6.74. The lowest BCUT2D eigenvalue weighted by molar-refractivity contribution is -0.158. The molecular weight excluding hydrogens is 320 g/mol. The zero-order valence-corrected chi connectivity index (χ0v) is 14.3. The van der Waals surface area contributed by atoms with Crippen LogP contribution in [0, 0.1) is 17.8 Å². The molecule has 2 N–H and O–H groups in total. The Morgan fingerprint density at radius 2 is 1.68 bits per heavy atom. The molecule has 0 heterocycles. The molecule has 0 aromatic heterocycles. The molecule has 1 aromatic rings. The average Bonchev–Trinajstić information content (AvgIpc) is 3.19. The van der Waals surface area contributed by atoms with Crippen LogP contribution >= 0.6 is 0 Å². The molecule has 25 heavy (non-hydrogen) atoms. The molecule has 2 aliphatic carbocycles. The quantitative estimate of drug-likeness (QED) is 0.636. The van der Waals surface area contributed by atoms with Crippen LogP contribution in [0.1, 0.15) is 26.7 Å². The minimum Gasteiger partial charge on any atom is -0.452 e. The second-order valence-electron chi connectivity index (χ2n) is 6.71. The Hall–Kier alpha value is -2.63. The fourth-order valence-corrected chi connectivity index (χ4v) is 3.45. The van der Waals surface area contributed by atoms with E-state index in [0.29, 0.717) is 17.3 Å². The number of carbonyl (C=O) groups is 3. The summed E-state index contributed by atoms with van der Waals surface area (Å²) in [6.45, 7) is 3.00. The standard InChI is InChI=1S/C19H22N2O4/c1-11(25-19(24)17-10-13-3-4-14(17)9-13)18(23)21-16-7-5-15(6-8-16)20-12(2)22/h3-8,11,13-14,17H,9-10H2,1-2H3,(H,20,22)(H,21,23)/t11-,13+,14+,17-/m1/s1. The van der Waals surface area contributed by atoms with Crippen molar-refractivity contribution in [2.24, 2.45) is 17.8 Å². The highest BCUT2D eigenvalue weighted by atomic mass is 16.5. The van der Waals surface area contributed by atoms with Gasteiger partial charge in [-0.05, 0) is 55.9 Å². The smallest absolute Gasteiger partial charge is 0.310 e. The lowest BCUT2D eigenvalue weighted by Gasteiger charge is -2.20. The number of anilines is 2. The zero-order valence-electron chi connectivity index (χ0n) is 14.3. The van der Waals surface area contributed by atoms with Crippen LogP contribution in [0.3, 0.4) is 0 Å². The predicted molar refractivity (Wildman–Crippen MR) is 93.8 cm³/mol. The Labute approximate surface area is 146 Å². The summed E-state index contributed by atoms with van der Waals surface area (Å²) >= 11 is 0. The van der Waals surface area contributed by atoms with Crippen LogP contribution in [-0.4, -0.2) is 23.9 Å². The number of hydrogen-bond acceptors (Lipinski definition) is 4. The van der Waals surface area contributed by atoms with Crippen LogP contribution in [0.2, 0.25) is 0 Å². The number of ether oxygens (including phenoxy) is 1. The van der Waals surface area contributed by atoms with E-state index in [2.05, 4.69) is 22.8 Å². The van der Waals surface area contributed by atoms with Crippen LogP contribution in [0.5, 0.6) is 0 Å². The molecule has 0 aliphatic heterocycles. The molecule has 2 bridgehead atoms. The van der Waals surface area contributed by atoms with E-state index < -0.39 is 6.10 Å². The van der Waals surface area contributed by atoms with Crippen LogP contribution < -0.4 is 10.6 Å². The van der Waals surface area contributed by atoms with Gasteiger partial charge in [0.2, 0.25) is 5.91 Å². The van der Waals surface area contributed by atoms with Gasteiger partial charge in [0.25, 0.3) is 5.91 Å². The molecule has 6 nitrogen and oxygen atoms in total. The highest BCUT2D eigenvalue weighted by Gasteiger charge is 2.41. The molecule has 0 radical (unpaired) electrons. The number of rotatable bonds is 5. The monoisotopic (exact) mass is 342 g/mol. The van der Waals surface area contributed by atoms with Crippen molar-refractivity contribution >= 4 is 29.2 Å². The lowest BCUT2D eigenvalue weighted by atomic mass is 9.94. The van der Waals surface area contributed by atoms with Crippen LogP contribution in [0.15, 0.2) is 36.4 Å². The largest absolute Gasteiger partial charge is 0.452 e. The van der Waals surface area contributed by atoms with Crippen molar-refractivity contribution < 1.29 is 19.1 Å². The zero-order chi connectivity index (χ0) is 18.0. The van der Waals surface area contributed by atoms with Gasteiger partial charge in [0.1, 0.15) is 0 Å². The van der Waals surface area contributed by atoms with Gasteiger partial charge in [0.15, 0.2) is 6.10 Å². The maximum atomic E-state index is 12.3. The minimum atomic E-state index is -0.856. The number of carbonyl (C=O) groups excluding carboxylic acids is 3. The first-order chi connectivity index (χ1) is 11.9. The van der Waals surface area contributed by atoms with Crippen molar-refractivity contribution in [3.63, 3.8) is 0 Å². The number of amides is 2. The van der Waals surface area contributed by atoms with E-state index in [1.807, 2.05) is 0 Å². The molecule has 4 atom stereocenters. The van der Waals surface area contributed by atoms with E-state index in [1.165, 1.54) is 6.92 Å². The highest BCUT2D eigenvalue weighted by Crippen LogP contribution is 2.44. The van der Waals surface area contributed by atoms with Gasteiger partial charge in [-0.25, -0.2) is 0 Å².